The van der Waals surface area contributed by atoms with Gasteiger partial charge in [0.05, 0.1) is 13.2 Å². The van der Waals surface area contributed by atoms with Gasteiger partial charge in [-0.05, 0) is 41.3 Å². The molecule has 0 N–H and O–H groups in total. The highest BCUT2D eigenvalue weighted by molar-refractivity contribution is 6.93. The summed E-state index contributed by atoms with van der Waals surface area (Å²) in [5.74, 6) is 0.177. The van der Waals surface area contributed by atoms with Gasteiger partial charge in [-0.1, -0.05) is 69.2 Å². The van der Waals surface area contributed by atoms with E-state index in [1.165, 1.54) is 6.08 Å². The van der Waals surface area contributed by atoms with E-state index in [2.05, 4.69) is 69.2 Å². The fraction of sp³-hybridized carbons (Fsp3) is 0.826. The molecule has 28 heavy (non-hydrogen) atoms. The van der Waals surface area contributed by atoms with E-state index >= 15 is 0 Å². The van der Waals surface area contributed by atoms with Gasteiger partial charge in [0.15, 0.2) is 0 Å². The predicted octanol–water partition coefficient (Wildman–Crippen LogP) is 6.31. The van der Waals surface area contributed by atoms with Gasteiger partial charge in [0.2, 0.25) is 0 Å². The van der Waals surface area contributed by atoms with Crippen LogP contribution in [-0.4, -0.2) is 33.2 Å². The second-order valence-corrected chi connectivity index (χ2v) is 15.5. The Balaban J connectivity index is 5.90. The predicted molar refractivity (Wildman–Crippen MR) is 120 cm³/mol. The molecule has 0 aromatic carbocycles. The summed E-state index contributed by atoms with van der Waals surface area (Å²) < 4.78 is 11.0. The van der Waals surface area contributed by atoms with Crippen LogP contribution in [0.25, 0.3) is 0 Å². The molecule has 0 fully saturated rings. The van der Waals surface area contributed by atoms with E-state index in [0.717, 1.165) is 12.8 Å². The van der Waals surface area contributed by atoms with Gasteiger partial charge in [-0.15, -0.1) is 0 Å². The summed E-state index contributed by atoms with van der Waals surface area (Å²) in [6, 6.07) is 0. The molecule has 164 valence electrons. The second kappa shape index (κ2) is 12.5. The first-order valence-electron chi connectivity index (χ1n) is 10.9. The standard InChI is InChI=1S/C23H44O4Si/c1-16(2)11-13-26-22(24)15-21(23(25)27-14-12-17(3)4)28(18(5)6,19(7)8)20(9)10/h15-20H,11-14H2,1-10H3/b21-15-. The van der Waals surface area contributed by atoms with Crippen LogP contribution in [0.5, 0.6) is 0 Å². The van der Waals surface area contributed by atoms with Gasteiger partial charge in [-0.2, -0.15) is 0 Å². The molecular formula is C23H44O4Si. The number of carbonyl (C=O) groups excluding carboxylic acids is 2. The molecule has 0 heterocycles. The van der Waals surface area contributed by atoms with Gasteiger partial charge in [-0.25, -0.2) is 9.59 Å². The van der Waals surface area contributed by atoms with Crippen molar-refractivity contribution in [1.29, 1.82) is 0 Å². The molecule has 0 saturated heterocycles. The molecule has 0 rings (SSSR count). The summed E-state index contributed by atoms with van der Waals surface area (Å²) in [5.41, 5.74) is 0.916. The maximum Gasteiger partial charge on any atom is 0.330 e. The van der Waals surface area contributed by atoms with E-state index in [1.807, 2.05) is 0 Å². The monoisotopic (exact) mass is 412 g/mol. The molecule has 0 aliphatic rings. The lowest BCUT2D eigenvalue weighted by Crippen LogP contribution is -2.50. The van der Waals surface area contributed by atoms with Gasteiger partial charge in [-0.3, -0.25) is 0 Å². The highest BCUT2D eigenvalue weighted by Gasteiger charge is 2.49. The molecule has 0 bridgehead atoms. The van der Waals surface area contributed by atoms with Crippen LogP contribution in [-0.2, 0) is 19.1 Å². The van der Waals surface area contributed by atoms with Crippen LogP contribution in [0.4, 0.5) is 0 Å². The van der Waals surface area contributed by atoms with Crippen molar-refractivity contribution in [1.82, 2.24) is 0 Å². The fourth-order valence-corrected chi connectivity index (χ4v) is 11.0. The van der Waals surface area contributed by atoms with E-state index in [1.54, 1.807) is 0 Å². The number of esters is 2. The lowest BCUT2D eigenvalue weighted by Gasteiger charge is -2.43. The zero-order chi connectivity index (χ0) is 22.1. The summed E-state index contributed by atoms with van der Waals surface area (Å²) in [5, 5.41) is 0.589. The lowest BCUT2D eigenvalue weighted by molar-refractivity contribution is -0.141. The number of hydrogen-bond donors (Lipinski definition) is 0. The topological polar surface area (TPSA) is 52.6 Å². The molecule has 0 unspecified atom stereocenters. The van der Waals surface area contributed by atoms with Crippen molar-refractivity contribution in [2.24, 2.45) is 11.8 Å². The summed E-state index contributed by atoms with van der Waals surface area (Å²) in [6.45, 7) is 22.2. The third-order valence-electron chi connectivity index (χ3n) is 5.68. The first-order valence-corrected chi connectivity index (χ1v) is 13.2. The van der Waals surface area contributed by atoms with Crippen LogP contribution in [0.3, 0.4) is 0 Å². The Morgan fingerprint density at radius 1 is 0.714 bits per heavy atom. The minimum Gasteiger partial charge on any atom is -0.463 e. The van der Waals surface area contributed by atoms with Crippen molar-refractivity contribution in [3.05, 3.63) is 11.3 Å². The summed E-state index contributed by atoms with van der Waals surface area (Å²) >= 11 is 0. The molecule has 5 heteroatoms. The van der Waals surface area contributed by atoms with E-state index in [0.29, 0.717) is 46.9 Å². The molecule has 0 radical (unpaired) electrons. The van der Waals surface area contributed by atoms with Crippen molar-refractivity contribution in [2.75, 3.05) is 13.2 Å². The van der Waals surface area contributed by atoms with Crippen molar-refractivity contribution < 1.29 is 19.1 Å². The Hall–Kier alpha value is -1.10. The molecular weight excluding hydrogens is 368 g/mol. The van der Waals surface area contributed by atoms with Crippen LogP contribution < -0.4 is 0 Å². The van der Waals surface area contributed by atoms with Gasteiger partial charge >= 0.3 is 11.9 Å². The highest BCUT2D eigenvalue weighted by atomic mass is 28.3. The molecule has 0 aliphatic heterocycles. The van der Waals surface area contributed by atoms with Crippen molar-refractivity contribution in [3.8, 4) is 0 Å². The maximum absolute atomic E-state index is 13.1. The third-order valence-corrected chi connectivity index (χ3v) is 12.7. The third kappa shape index (κ3) is 7.73. The van der Waals surface area contributed by atoms with Crippen molar-refractivity contribution in [2.45, 2.75) is 98.7 Å². The molecule has 0 amide bonds. The normalized spacial score (nSPS) is 13.2. The number of ether oxygens (including phenoxy) is 2. The fourth-order valence-electron chi connectivity index (χ4n) is 4.31. The van der Waals surface area contributed by atoms with Crippen LogP contribution in [0, 0.1) is 11.8 Å². The molecule has 0 saturated carbocycles. The van der Waals surface area contributed by atoms with Gasteiger partial charge < -0.3 is 9.47 Å². The smallest absolute Gasteiger partial charge is 0.330 e. The number of carbonyl (C=O) groups is 2. The van der Waals surface area contributed by atoms with E-state index in [4.69, 9.17) is 9.47 Å². The molecule has 0 atom stereocenters. The van der Waals surface area contributed by atoms with Gasteiger partial charge in [0.1, 0.15) is 8.07 Å². The summed E-state index contributed by atoms with van der Waals surface area (Å²) in [4.78, 5) is 25.7. The SMILES string of the molecule is CC(C)CCOC(=O)/C=C(/C(=O)OCCC(C)C)[Si](C(C)C)(C(C)C)C(C)C. The Labute approximate surface area is 174 Å². The van der Waals surface area contributed by atoms with E-state index in [9.17, 15) is 9.59 Å². The Morgan fingerprint density at radius 3 is 1.46 bits per heavy atom. The molecule has 4 nitrogen and oxygen atoms in total. The van der Waals surface area contributed by atoms with Gasteiger partial charge in [0, 0.05) is 11.3 Å². The molecule has 0 aliphatic carbocycles. The van der Waals surface area contributed by atoms with Crippen molar-refractivity contribution >= 4 is 20.0 Å². The quantitative estimate of drug-likeness (QED) is 0.214. The van der Waals surface area contributed by atoms with E-state index in [-0.39, 0.29) is 5.97 Å². The summed E-state index contributed by atoms with van der Waals surface area (Å²) in [7, 11) is -2.34. The first kappa shape index (κ1) is 26.9. The Bertz CT molecular complexity index is 497. The van der Waals surface area contributed by atoms with Crippen LogP contribution in [0.1, 0.15) is 82.1 Å². The van der Waals surface area contributed by atoms with Crippen LogP contribution in [0.15, 0.2) is 11.3 Å². The minimum atomic E-state index is -2.34. The maximum atomic E-state index is 13.1. The summed E-state index contributed by atoms with van der Waals surface area (Å²) in [6.07, 6.45) is 3.09. The van der Waals surface area contributed by atoms with Crippen LogP contribution in [0.2, 0.25) is 16.6 Å². The van der Waals surface area contributed by atoms with Crippen molar-refractivity contribution in [3.63, 3.8) is 0 Å². The molecule has 0 spiro atoms. The second-order valence-electron chi connectivity index (χ2n) is 9.62. The zero-order valence-electron chi connectivity index (χ0n) is 19.9. The zero-order valence-corrected chi connectivity index (χ0v) is 20.9. The number of rotatable bonds is 12. The Morgan fingerprint density at radius 2 is 1.11 bits per heavy atom. The molecule has 0 aromatic rings. The average molecular weight is 413 g/mol. The number of hydrogen-bond acceptors (Lipinski definition) is 4. The van der Waals surface area contributed by atoms with E-state index < -0.39 is 14.0 Å². The van der Waals surface area contributed by atoms with Crippen LogP contribution >= 0.6 is 0 Å². The lowest BCUT2D eigenvalue weighted by atomic mass is 10.1. The average Bonchev–Trinajstić information content (AvgIpc) is 2.52. The van der Waals surface area contributed by atoms with Gasteiger partial charge in [0.25, 0.3) is 0 Å². The minimum absolute atomic E-state index is 0.305. The largest absolute Gasteiger partial charge is 0.463 e. The Kier molecular flexibility index (Phi) is 12.0. The first-order chi connectivity index (χ1) is 12.9. The molecule has 0 aromatic heterocycles. The highest BCUT2D eigenvalue weighted by Crippen LogP contribution is 2.46.